The van der Waals surface area contributed by atoms with Gasteiger partial charge in [-0.2, -0.15) is 0 Å². The van der Waals surface area contributed by atoms with Crippen LogP contribution in [-0.2, 0) is 14.3 Å². The normalized spacial score (nSPS) is 21.8. The topological polar surface area (TPSA) is 189 Å². The second kappa shape index (κ2) is 39.9. The van der Waals surface area contributed by atoms with Gasteiger partial charge in [0.1, 0.15) is 36.6 Å². The molecule has 1 amide bonds. The van der Waals surface area contributed by atoms with Gasteiger partial charge in [0, 0.05) is 0 Å². The van der Waals surface area contributed by atoms with Gasteiger partial charge >= 0.3 is 0 Å². The number of nitrogens with one attached hydrogen (secondary N) is 1. The number of rotatable bonds is 41. The summed E-state index contributed by atoms with van der Waals surface area (Å²) in [5, 5.41) is 75.6. The lowest BCUT2D eigenvalue weighted by atomic mass is 9.98. The molecule has 11 heteroatoms. The van der Waals surface area contributed by atoms with Crippen molar-refractivity contribution in [2.45, 2.75) is 262 Å². The molecular weight excluding hydrogens is 775 g/mol. The number of unbranched alkanes of at least 4 members (excludes halogenated alkanes) is 23. The zero-order chi connectivity index (χ0) is 44.8. The summed E-state index contributed by atoms with van der Waals surface area (Å²) in [4.78, 5) is 13.0. The molecule has 0 aromatic rings. The molecule has 1 aliphatic rings. The van der Waals surface area contributed by atoms with Crippen molar-refractivity contribution in [1.82, 2.24) is 5.32 Å². The molecule has 8 N–H and O–H groups in total. The molecule has 1 rings (SSSR count). The average Bonchev–Trinajstić information content (AvgIpc) is 3.26. The highest BCUT2D eigenvalue weighted by Gasteiger charge is 2.44. The van der Waals surface area contributed by atoms with Crippen LogP contribution in [0.1, 0.15) is 206 Å². The summed E-state index contributed by atoms with van der Waals surface area (Å²) in [7, 11) is 0. The fraction of sp³-hybridized carbons (Fsp3) is 0.860. The van der Waals surface area contributed by atoms with E-state index in [0.29, 0.717) is 19.3 Å². The first-order valence-corrected chi connectivity index (χ1v) is 24.9. The molecule has 0 radical (unpaired) electrons. The third kappa shape index (κ3) is 29.4. The molecule has 0 aromatic carbocycles. The molecule has 1 fully saturated rings. The Morgan fingerprint density at radius 2 is 1.00 bits per heavy atom. The third-order valence-corrected chi connectivity index (χ3v) is 11.9. The Morgan fingerprint density at radius 3 is 1.51 bits per heavy atom. The number of aliphatic hydroxyl groups excluding tert-OH is 7. The number of allylic oxidation sites excluding steroid dienone is 6. The number of hydrogen-bond acceptors (Lipinski definition) is 10. The molecule has 9 unspecified atom stereocenters. The van der Waals surface area contributed by atoms with E-state index in [9.17, 15) is 40.5 Å². The van der Waals surface area contributed by atoms with Crippen LogP contribution in [0.15, 0.2) is 36.5 Å². The van der Waals surface area contributed by atoms with Crippen LogP contribution in [0.25, 0.3) is 0 Å². The van der Waals surface area contributed by atoms with Gasteiger partial charge in [0.05, 0.1) is 25.4 Å². The third-order valence-electron chi connectivity index (χ3n) is 11.9. The van der Waals surface area contributed by atoms with E-state index >= 15 is 0 Å². The van der Waals surface area contributed by atoms with Gasteiger partial charge in [-0.15, -0.1) is 0 Å². The van der Waals surface area contributed by atoms with Crippen LogP contribution in [0.2, 0.25) is 0 Å². The molecule has 0 aliphatic carbocycles. The minimum absolute atomic E-state index is 0.235. The Morgan fingerprint density at radius 1 is 0.557 bits per heavy atom. The minimum atomic E-state index is -1.67. The molecule has 61 heavy (non-hydrogen) atoms. The van der Waals surface area contributed by atoms with E-state index in [2.05, 4.69) is 55.6 Å². The van der Waals surface area contributed by atoms with Crippen LogP contribution in [0.5, 0.6) is 0 Å². The maximum absolute atomic E-state index is 13.0. The van der Waals surface area contributed by atoms with Crippen LogP contribution in [-0.4, -0.2) is 110 Å². The molecule has 0 aromatic heterocycles. The number of ether oxygens (including phenoxy) is 2. The maximum atomic E-state index is 13.0. The summed E-state index contributed by atoms with van der Waals surface area (Å²) in [5.41, 5.74) is 0. The molecule has 0 spiro atoms. The van der Waals surface area contributed by atoms with E-state index in [-0.39, 0.29) is 12.8 Å². The van der Waals surface area contributed by atoms with Crippen molar-refractivity contribution in [3.63, 3.8) is 0 Å². The van der Waals surface area contributed by atoms with Gasteiger partial charge in [-0.1, -0.05) is 172 Å². The SMILES string of the molecule is CCCC/C=C\CCCCCCC(O)C(=O)NC(COC1OC(CO)C(O)C(O)C1O)C(O)C(O)CCC/C=C/CC/C=C/CCCCCCCCCCCCCCCCC. The average molecular weight is 868 g/mol. The molecule has 1 saturated heterocycles. The summed E-state index contributed by atoms with van der Waals surface area (Å²) < 4.78 is 11.1. The molecule has 0 saturated carbocycles. The van der Waals surface area contributed by atoms with Crippen LogP contribution < -0.4 is 5.32 Å². The Kier molecular flexibility index (Phi) is 37.5. The molecule has 9 atom stereocenters. The first-order chi connectivity index (χ1) is 29.7. The molecule has 0 bridgehead atoms. The van der Waals surface area contributed by atoms with Gasteiger partial charge < -0.3 is 50.5 Å². The second-order valence-electron chi connectivity index (χ2n) is 17.5. The van der Waals surface area contributed by atoms with Crippen molar-refractivity contribution in [3.8, 4) is 0 Å². The van der Waals surface area contributed by atoms with Gasteiger partial charge in [0.25, 0.3) is 0 Å². The van der Waals surface area contributed by atoms with Crippen LogP contribution in [0.4, 0.5) is 0 Å². The van der Waals surface area contributed by atoms with Crippen molar-refractivity contribution >= 4 is 5.91 Å². The predicted molar refractivity (Wildman–Crippen MR) is 247 cm³/mol. The lowest BCUT2D eigenvalue weighted by Crippen LogP contribution is -2.60. The number of carbonyl (C=O) groups excluding carboxylic acids is 1. The summed E-state index contributed by atoms with van der Waals surface area (Å²) in [6.45, 7) is 3.36. The molecule has 1 aliphatic heterocycles. The molecule has 358 valence electrons. The van der Waals surface area contributed by atoms with Crippen LogP contribution in [0.3, 0.4) is 0 Å². The van der Waals surface area contributed by atoms with Gasteiger partial charge in [-0.05, 0) is 70.6 Å². The van der Waals surface area contributed by atoms with E-state index in [0.717, 1.165) is 51.4 Å². The maximum Gasteiger partial charge on any atom is 0.249 e. The lowest BCUT2D eigenvalue weighted by Gasteiger charge is -2.40. The summed E-state index contributed by atoms with van der Waals surface area (Å²) in [5.74, 6) is -0.723. The van der Waals surface area contributed by atoms with Crippen molar-refractivity contribution < 1.29 is 50.0 Å². The highest BCUT2D eigenvalue weighted by molar-refractivity contribution is 5.80. The summed E-state index contributed by atoms with van der Waals surface area (Å²) >= 11 is 0. The minimum Gasteiger partial charge on any atom is -0.394 e. The zero-order valence-corrected chi connectivity index (χ0v) is 38.6. The summed E-state index contributed by atoms with van der Waals surface area (Å²) in [6.07, 6.45) is 35.1. The quantitative estimate of drug-likeness (QED) is 0.0218. The van der Waals surface area contributed by atoms with E-state index < -0.39 is 74.2 Å². The highest BCUT2D eigenvalue weighted by atomic mass is 16.7. The van der Waals surface area contributed by atoms with E-state index in [1.54, 1.807) is 0 Å². The first-order valence-electron chi connectivity index (χ1n) is 24.9. The number of aliphatic hydroxyl groups is 7. The Labute approximate surface area is 371 Å². The van der Waals surface area contributed by atoms with Gasteiger partial charge in [0.15, 0.2) is 6.29 Å². The van der Waals surface area contributed by atoms with Crippen LogP contribution in [0, 0.1) is 0 Å². The second-order valence-corrected chi connectivity index (χ2v) is 17.5. The zero-order valence-electron chi connectivity index (χ0n) is 38.6. The fourth-order valence-electron chi connectivity index (χ4n) is 7.73. The monoisotopic (exact) mass is 868 g/mol. The highest BCUT2D eigenvalue weighted by Crippen LogP contribution is 2.23. The number of hydrogen-bond donors (Lipinski definition) is 8. The van der Waals surface area contributed by atoms with Gasteiger partial charge in [0.2, 0.25) is 5.91 Å². The predicted octanol–water partition coefficient (Wildman–Crippen LogP) is 8.78. The fourth-order valence-corrected chi connectivity index (χ4v) is 7.73. The van der Waals surface area contributed by atoms with E-state index in [1.807, 2.05) is 0 Å². The van der Waals surface area contributed by atoms with Crippen molar-refractivity contribution in [1.29, 1.82) is 0 Å². The smallest absolute Gasteiger partial charge is 0.249 e. The number of carbonyl (C=O) groups is 1. The largest absolute Gasteiger partial charge is 0.394 e. The Hall–Kier alpha value is -1.67. The van der Waals surface area contributed by atoms with Crippen molar-refractivity contribution in [2.24, 2.45) is 0 Å². The molecule has 11 nitrogen and oxygen atoms in total. The lowest BCUT2D eigenvalue weighted by molar-refractivity contribution is -0.303. The van der Waals surface area contributed by atoms with Crippen molar-refractivity contribution in [2.75, 3.05) is 13.2 Å². The van der Waals surface area contributed by atoms with E-state index in [4.69, 9.17) is 9.47 Å². The Balaban J connectivity index is 2.38. The van der Waals surface area contributed by atoms with Crippen molar-refractivity contribution in [3.05, 3.63) is 36.5 Å². The Bertz CT molecular complexity index is 1090. The first kappa shape index (κ1) is 57.3. The van der Waals surface area contributed by atoms with Gasteiger partial charge in [-0.25, -0.2) is 0 Å². The summed E-state index contributed by atoms with van der Waals surface area (Å²) in [6, 6.07) is -1.19. The van der Waals surface area contributed by atoms with E-state index in [1.165, 1.54) is 109 Å². The van der Waals surface area contributed by atoms with Gasteiger partial charge in [-0.3, -0.25) is 4.79 Å². The van der Waals surface area contributed by atoms with Crippen LogP contribution >= 0.6 is 0 Å². The standard InChI is InChI=1S/C50H93NO10/c1-3-5-7-9-11-13-15-16-17-18-19-20-21-22-23-24-25-26-27-28-30-31-33-35-37-42(53)45(55)41(40-60-50-48(58)47(57)46(56)44(39-52)61-50)51-49(59)43(54)38-36-34-32-29-14-12-10-8-6-4-2/h10,12,25-26,30-31,41-48,50,52-58H,3-9,11,13-24,27-29,32-40H2,1-2H3,(H,51,59)/b12-10-,26-25+,31-30+. The molecular formula is C50H93NO10. The number of amides is 1. The molecule has 1 heterocycles.